The monoisotopic (exact) mass is 497 g/mol. The summed E-state index contributed by atoms with van der Waals surface area (Å²) in [6.45, 7) is 5.42. The van der Waals surface area contributed by atoms with Gasteiger partial charge in [0.15, 0.2) is 0 Å². The topological polar surface area (TPSA) is 139 Å². The Kier molecular flexibility index (Phi) is 7.76. The van der Waals surface area contributed by atoms with E-state index in [-0.39, 0.29) is 18.0 Å². The van der Waals surface area contributed by atoms with E-state index in [4.69, 9.17) is 20.6 Å². The molecule has 4 N–H and O–H groups in total. The van der Waals surface area contributed by atoms with Gasteiger partial charge in [-0.15, -0.1) is 11.3 Å². The van der Waals surface area contributed by atoms with Gasteiger partial charge in [-0.3, -0.25) is 4.79 Å². The van der Waals surface area contributed by atoms with Gasteiger partial charge in [-0.25, -0.2) is 9.97 Å². The second kappa shape index (κ2) is 11.0. The van der Waals surface area contributed by atoms with Crippen LogP contribution in [0.1, 0.15) is 42.7 Å². The van der Waals surface area contributed by atoms with Gasteiger partial charge in [0.2, 0.25) is 12.3 Å². The van der Waals surface area contributed by atoms with Crippen LogP contribution in [-0.4, -0.2) is 64.9 Å². The number of aryl methyl sites for hydroxylation is 2. The van der Waals surface area contributed by atoms with Crippen LogP contribution in [0.25, 0.3) is 10.2 Å². The molecular formula is C24H31N7O3S. The van der Waals surface area contributed by atoms with E-state index in [1.54, 1.807) is 35.7 Å². The van der Waals surface area contributed by atoms with Gasteiger partial charge in [0.1, 0.15) is 28.5 Å². The third kappa shape index (κ3) is 5.51. The zero-order valence-corrected chi connectivity index (χ0v) is 21.0. The molecule has 1 aliphatic carbocycles. The van der Waals surface area contributed by atoms with Crippen LogP contribution < -0.4 is 15.8 Å². The SMILES string of the molecule is CC1CN(C=O)CC(C)O1.COc1nc(N)c(C=N)cc1Nc1ncnc2sc3c(c12)CCCC3. The summed E-state index contributed by atoms with van der Waals surface area (Å²) < 4.78 is 10.8. The first kappa shape index (κ1) is 24.8. The normalized spacial score (nSPS) is 19.3. The van der Waals surface area contributed by atoms with E-state index in [1.807, 2.05) is 13.8 Å². The van der Waals surface area contributed by atoms with E-state index < -0.39 is 0 Å². The molecule has 3 aromatic rings. The van der Waals surface area contributed by atoms with Gasteiger partial charge >= 0.3 is 0 Å². The van der Waals surface area contributed by atoms with Crippen LogP contribution in [0.2, 0.25) is 0 Å². The molecule has 2 aliphatic rings. The quantitative estimate of drug-likeness (QED) is 0.359. The number of thiophene rings is 1. The largest absolute Gasteiger partial charge is 0.479 e. The number of methoxy groups -OCH3 is 1. The number of nitrogen functional groups attached to an aromatic ring is 1. The van der Waals surface area contributed by atoms with Crippen LogP contribution in [0.5, 0.6) is 5.88 Å². The van der Waals surface area contributed by atoms with Gasteiger partial charge in [-0.2, -0.15) is 4.98 Å². The molecule has 1 aliphatic heterocycles. The zero-order valence-electron chi connectivity index (χ0n) is 20.2. The highest BCUT2D eigenvalue weighted by Crippen LogP contribution is 2.39. The summed E-state index contributed by atoms with van der Waals surface area (Å²) in [5.74, 6) is 1.38. The third-order valence-electron chi connectivity index (χ3n) is 6.00. The second-order valence-corrected chi connectivity index (χ2v) is 9.80. The van der Waals surface area contributed by atoms with Crippen LogP contribution >= 0.6 is 11.3 Å². The number of anilines is 3. The van der Waals surface area contributed by atoms with Gasteiger partial charge < -0.3 is 30.8 Å². The average molecular weight is 498 g/mol. The molecule has 0 spiro atoms. The van der Waals surface area contributed by atoms with E-state index in [0.717, 1.165) is 48.4 Å². The van der Waals surface area contributed by atoms with Crippen molar-refractivity contribution < 1.29 is 14.3 Å². The molecule has 35 heavy (non-hydrogen) atoms. The summed E-state index contributed by atoms with van der Waals surface area (Å²) in [6.07, 6.45) is 8.60. The van der Waals surface area contributed by atoms with Crippen molar-refractivity contribution in [3.8, 4) is 5.88 Å². The lowest BCUT2D eigenvalue weighted by atomic mass is 9.97. The molecule has 1 fully saturated rings. The minimum absolute atomic E-state index is 0.189. The number of aromatic nitrogens is 3. The second-order valence-electron chi connectivity index (χ2n) is 8.72. The fourth-order valence-electron chi connectivity index (χ4n) is 4.50. The molecule has 1 amide bonds. The van der Waals surface area contributed by atoms with Crippen molar-refractivity contribution in [2.24, 2.45) is 0 Å². The van der Waals surface area contributed by atoms with E-state index >= 15 is 0 Å². The Morgan fingerprint density at radius 3 is 2.69 bits per heavy atom. The Balaban J connectivity index is 0.000000243. The summed E-state index contributed by atoms with van der Waals surface area (Å²) >= 11 is 1.75. The lowest BCUT2D eigenvalue weighted by Gasteiger charge is -2.32. The molecule has 4 heterocycles. The number of morpholine rings is 1. The molecule has 0 aromatic carbocycles. The van der Waals surface area contributed by atoms with Crippen LogP contribution in [0.3, 0.4) is 0 Å². The first-order chi connectivity index (χ1) is 16.9. The van der Waals surface area contributed by atoms with Gasteiger partial charge in [-0.1, -0.05) is 0 Å². The summed E-state index contributed by atoms with van der Waals surface area (Å²) in [6, 6.07) is 1.75. The fourth-order valence-corrected chi connectivity index (χ4v) is 5.73. The van der Waals surface area contributed by atoms with Crippen molar-refractivity contribution in [1.29, 1.82) is 5.41 Å². The molecule has 0 saturated carbocycles. The summed E-state index contributed by atoms with van der Waals surface area (Å²) in [4.78, 5) is 27.6. The van der Waals surface area contributed by atoms with E-state index in [9.17, 15) is 4.79 Å². The number of nitrogens with zero attached hydrogens (tertiary/aromatic N) is 4. The number of pyridine rings is 1. The smallest absolute Gasteiger partial charge is 0.239 e. The van der Waals surface area contributed by atoms with Crippen molar-refractivity contribution in [1.82, 2.24) is 19.9 Å². The minimum atomic E-state index is 0.189. The molecule has 1 saturated heterocycles. The number of nitrogens with two attached hydrogens (primary N) is 1. The summed E-state index contributed by atoms with van der Waals surface area (Å²) in [5, 5.41) is 11.9. The lowest BCUT2D eigenvalue weighted by molar-refractivity contribution is -0.130. The zero-order chi connectivity index (χ0) is 24.9. The molecular weight excluding hydrogens is 466 g/mol. The van der Waals surface area contributed by atoms with Gasteiger partial charge in [-0.05, 0) is 51.2 Å². The number of hydrogen-bond donors (Lipinski definition) is 3. The Labute approximate surface area is 208 Å². The van der Waals surface area contributed by atoms with E-state index in [2.05, 4.69) is 20.3 Å². The highest BCUT2D eigenvalue weighted by atomic mass is 32.1. The summed E-state index contributed by atoms with van der Waals surface area (Å²) in [5.41, 5.74) is 8.35. The number of amides is 1. The van der Waals surface area contributed by atoms with E-state index in [0.29, 0.717) is 17.1 Å². The molecule has 3 aromatic heterocycles. The number of carbonyl (C=O) groups excluding carboxylic acids is 1. The molecule has 0 radical (unpaired) electrons. The van der Waals surface area contributed by atoms with Gasteiger partial charge in [0.25, 0.3) is 0 Å². The molecule has 0 bridgehead atoms. The maximum atomic E-state index is 10.3. The van der Waals surface area contributed by atoms with Crippen molar-refractivity contribution >= 4 is 51.5 Å². The maximum Gasteiger partial charge on any atom is 0.239 e. The van der Waals surface area contributed by atoms with Crippen molar-refractivity contribution in [3.63, 3.8) is 0 Å². The van der Waals surface area contributed by atoms with Crippen LogP contribution in [0, 0.1) is 5.41 Å². The maximum absolute atomic E-state index is 10.3. The predicted molar refractivity (Wildman–Crippen MR) is 138 cm³/mol. The Bertz CT molecular complexity index is 1210. The number of carbonyl (C=O) groups is 1. The molecule has 2 unspecified atom stereocenters. The highest BCUT2D eigenvalue weighted by molar-refractivity contribution is 7.19. The van der Waals surface area contributed by atoms with Crippen molar-refractivity contribution in [2.45, 2.75) is 51.7 Å². The van der Waals surface area contributed by atoms with E-state index in [1.165, 1.54) is 29.5 Å². The lowest BCUT2D eigenvalue weighted by Crippen LogP contribution is -2.44. The van der Waals surface area contributed by atoms with Crippen LogP contribution in [0.4, 0.5) is 17.3 Å². The number of ether oxygens (including phenoxy) is 2. The average Bonchev–Trinajstić information content (AvgIpc) is 3.24. The van der Waals surface area contributed by atoms with Crippen molar-refractivity contribution in [3.05, 3.63) is 28.4 Å². The molecule has 186 valence electrons. The fraction of sp³-hybridized carbons (Fsp3) is 0.458. The molecule has 2 atom stereocenters. The standard InChI is InChI=1S/C17H18N6OS.C7H13NO2/c1-24-16-11(6-9(7-18)14(19)23-16)22-15-13-10-4-2-3-5-12(10)25-17(13)21-8-20-15;1-6-3-8(5-9)4-7(2)10-6/h6-8,18H,2-5H2,1H3,(H2,19,23)(H,20,21,22);5-7H,3-4H2,1-2H3. The molecule has 11 heteroatoms. The number of hydrogen-bond acceptors (Lipinski definition) is 10. The Morgan fingerprint density at radius 2 is 2.00 bits per heavy atom. The van der Waals surface area contributed by atoms with Crippen LogP contribution in [-0.2, 0) is 22.4 Å². The predicted octanol–water partition coefficient (Wildman–Crippen LogP) is 3.55. The van der Waals surface area contributed by atoms with Crippen molar-refractivity contribution in [2.75, 3.05) is 31.2 Å². The first-order valence-electron chi connectivity index (χ1n) is 11.7. The third-order valence-corrected chi connectivity index (χ3v) is 7.20. The number of fused-ring (bicyclic) bond motifs is 3. The van der Waals surface area contributed by atoms with Gasteiger partial charge in [0.05, 0.1) is 24.7 Å². The highest BCUT2D eigenvalue weighted by Gasteiger charge is 2.21. The van der Waals surface area contributed by atoms with Gasteiger partial charge in [0, 0.05) is 29.7 Å². The minimum Gasteiger partial charge on any atom is -0.479 e. The van der Waals surface area contributed by atoms with Crippen LogP contribution in [0.15, 0.2) is 12.4 Å². The first-order valence-corrected chi connectivity index (χ1v) is 12.5. The Hall–Kier alpha value is -3.31. The Morgan fingerprint density at radius 1 is 1.26 bits per heavy atom. The number of nitrogens with one attached hydrogen (secondary N) is 2. The summed E-state index contributed by atoms with van der Waals surface area (Å²) in [7, 11) is 1.54. The number of rotatable bonds is 5. The molecule has 10 nitrogen and oxygen atoms in total. The molecule has 5 rings (SSSR count).